The number of benzene rings is 2. The SMILES string of the molecule is CCOc1ccc(C(=O)N(C)Nc2c(Cl)cccc2Cl)cc1. The second-order valence-electron chi connectivity index (χ2n) is 4.53. The van der Waals surface area contributed by atoms with E-state index in [9.17, 15) is 4.79 Å². The van der Waals surface area contributed by atoms with E-state index in [1.807, 2.05) is 6.92 Å². The Balaban J connectivity index is 2.12. The molecule has 0 atom stereocenters. The first-order valence-electron chi connectivity index (χ1n) is 6.74. The van der Waals surface area contributed by atoms with Crippen molar-refractivity contribution in [2.24, 2.45) is 0 Å². The van der Waals surface area contributed by atoms with Gasteiger partial charge >= 0.3 is 0 Å². The van der Waals surface area contributed by atoms with Crippen molar-refractivity contribution in [2.75, 3.05) is 19.1 Å². The van der Waals surface area contributed by atoms with Gasteiger partial charge in [-0.15, -0.1) is 0 Å². The number of rotatable bonds is 5. The molecule has 0 heterocycles. The number of hydrogen-bond donors (Lipinski definition) is 1. The van der Waals surface area contributed by atoms with E-state index in [0.717, 1.165) is 5.75 Å². The van der Waals surface area contributed by atoms with Gasteiger partial charge in [-0.2, -0.15) is 0 Å². The topological polar surface area (TPSA) is 41.6 Å². The monoisotopic (exact) mass is 338 g/mol. The Bertz CT molecular complexity index is 639. The van der Waals surface area contributed by atoms with Gasteiger partial charge in [-0.1, -0.05) is 29.3 Å². The minimum absolute atomic E-state index is 0.209. The number of halogens is 2. The zero-order valence-electron chi connectivity index (χ0n) is 12.3. The van der Waals surface area contributed by atoms with Crippen molar-refractivity contribution in [2.45, 2.75) is 6.92 Å². The van der Waals surface area contributed by atoms with Crippen molar-refractivity contribution in [1.29, 1.82) is 0 Å². The molecular weight excluding hydrogens is 323 g/mol. The van der Waals surface area contributed by atoms with Crippen molar-refractivity contribution < 1.29 is 9.53 Å². The van der Waals surface area contributed by atoms with Crippen LogP contribution in [0.3, 0.4) is 0 Å². The van der Waals surface area contributed by atoms with E-state index >= 15 is 0 Å². The molecule has 0 saturated carbocycles. The first kappa shape index (κ1) is 16.5. The summed E-state index contributed by atoms with van der Waals surface area (Å²) < 4.78 is 5.35. The highest BCUT2D eigenvalue weighted by Gasteiger charge is 2.14. The minimum atomic E-state index is -0.209. The number of hydrogen-bond acceptors (Lipinski definition) is 3. The van der Waals surface area contributed by atoms with Gasteiger partial charge in [0, 0.05) is 12.6 Å². The quantitative estimate of drug-likeness (QED) is 0.816. The maximum absolute atomic E-state index is 12.4. The van der Waals surface area contributed by atoms with Crippen LogP contribution in [0.25, 0.3) is 0 Å². The van der Waals surface area contributed by atoms with Crippen LogP contribution < -0.4 is 10.2 Å². The molecular formula is C16H16Cl2N2O2. The highest BCUT2D eigenvalue weighted by molar-refractivity contribution is 6.39. The molecule has 0 fully saturated rings. The van der Waals surface area contributed by atoms with Gasteiger partial charge in [0.2, 0.25) is 0 Å². The van der Waals surface area contributed by atoms with E-state index in [-0.39, 0.29) is 5.91 Å². The lowest BCUT2D eigenvalue weighted by Crippen LogP contribution is -2.32. The molecule has 0 radical (unpaired) electrons. The van der Waals surface area contributed by atoms with Gasteiger partial charge < -0.3 is 4.74 Å². The largest absolute Gasteiger partial charge is 0.494 e. The molecule has 116 valence electrons. The summed E-state index contributed by atoms with van der Waals surface area (Å²) in [5, 5.41) is 2.22. The lowest BCUT2D eigenvalue weighted by molar-refractivity contribution is 0.0826. The Morgan fingerprint density at radius 2 is 1.73 bits per heavy atom. The third kappa shape index (κ3) is 3.84. The van der Waals surface area contributed by atoms with E-state index in [1.54, 1.807) is 49.5 Å². The maximum Gasteiger partial charge on any atom is 0.271 e. The zero-order chi connectivity index (χ0) is 16.1. The van der Waals surface area contributed by atoms with Gasteiger partial charge in [0.1, 0.15) is 5.75 Å². The highest BCUT2D eigenvalue weighted by Crippen LogP contribution is 2.30. The Morgan fingerprint density at radius 1 is 1.14 bits per heavy atom. The fourth-order valence-electron chi connectivity index (χ4n) is 1.88. The summed E-state index contributed by atoms with van der Waals surface area (Å²) in [6.07, 6.45) is 0. The van der Waals surface area contributed by atoms with Crippen molar-refractivity contribution in [3.8, 4) is 5.75 Å². The summed E-state index contributed by atoms with van der Waals surface area (Å²) in [5.74, 6) is 0.517. The molecule has 4 nitrogen and oxygen atoms in total. The average molecular weight is 339 g/mol. The second kappa shape index (κ2) is 7.38. The number of carbonyl (C=O) groups excluding carboxylic acids is 1. The van der Waals surface area contributed by atoms with Gasteiger partial charge in [0.25, 0.3) is 5.91 Å². The van der Waals surface area contributed by atoms with E-state index < -0.39 is 0 Å². The molecule has 22 heavy (non-hydrogen) atoms. The van der Waals surface area contributed by atoms with E-state index in [1.165, 1.54) is 5.01 Å². The molecule has 0 saturated heterocycles. The van der Waals surface area contributed by atoms with Crippen molar-refractivity contribution in [3.63, 3.8) is 0 Å². The Morgan fingerprint density at radius 3 is 2.27 bits per heavy atom. The van der Waals surface area contributed by atoms with Gasteiger partial charge in [-0.05, 0) is 43.3 Å². The molecule has 0 bridgehead atoms. The molecule has 1 N–H and O–H groups in total. The van der Waals surface area contributed by atoms with Crippen molar-refractivity contribution >= 4 is 34.8 Å². The number of ether oxygens (including phenoxy) is 1. The predicted molar refractivity (Wildman–Crippen MR) is 89.8 cm³/mol. The average Bonchev–Trinajstić information content (AvgIpc) is 2.51. The molecule has 2 rings (SSSR count). The molecule has 0 aliphatic carbocycles. The molecule has 0 aliphatic rings. The molecule has 2 aromatic carbocycles. The molecule has 2 aromatic rings. The molecule has 0 spiro atoms. The van der Waals surface area contributed by atoms with Crippen LogP contribution in [-0.4, -0.2) is 24.6 Å². The Hall–Kier alpha value is -1.91. The van der Waals surface area contributed by atoms with Crippen molar-refractivity contribution in [1.82, 2.24) is 5.01 Å². The molecule has 1 amide bonds. The van der Waals surface area contributed by atoms with E-state index in [2.05, 4.69) is 5.43 Å². The zero-order valence-corrected chi connectivity index (χ0v) is 13.8. The fourth-order valence-corrected chi connectivity index (χ4v) is 2.36. The van der Waals surface area contributed by atoms with Crippen LogP contribution in [0.5, 0.6) is 5.75 Å². The van der Waals surface area contributed by atoms with E-state index in [4.69, 9.17) is 27.9 Å². The summed E-state index contributed by atoms with van der Waals surface area (Å²) in [6, 6.07) is 12.1. The van der Waals surface area contributed by atoms with Crippen LogP contribution >= 0.6 is 23.2 Å². The summed E-state index contributed by atoms with van der Waals surface area (Å²) in [6.45, 7) is 2.49. The number of amides is 1. The number of carbonyl (C=O) groups is 1. The van der Waals surface area contributed by atoms with Gasteiger partial charge in [0.05, 0.1) is 22.3 Å². The number of nitrogens with one attached hydrogen (secondary N) is 1. The summed E-state index contributed by atoms with van der Waals surface area (Å²) in [7, 11) is 1.61. The summed E-state index contributed by atoms with van der Waals surface area (Å²) in [4.78, 5) is 12.4. The predicted octanol–water partition coefficient (Wildman–Crippen LogP) is 4.49. The molecule has 0 aromatic heterocycles. The van der Waals surface area contributed by atoms with Crippen LogP contribution in [0.4, 0.5) is 5.69 Å². The third-order valence-corrected chi connectivity index (χ3v) is 3.59. The lowest BCUT2D eigenvalue weighted by Gasteiger charge is -2.21. The molecule has 0 unspecified atom stereocenters. The lowest BCUT2D eigenvalue weighted by atomic mass is 10.2. The smallest absolute Gasteiger partial charge is 0.271 e. The third-order valence-electron chi connectivity index (χ3n) is 2.96. The van der Waals surface area contributed by atoms with Gasteiger partial charge in [-0.25, -0.2) is 0 Å². The van der Waals surface area contributed by atoms with Crippen LogP contribution in [0, 0.1) is 0 Å². The van der Waals surface area contributed by atoms with Gasteiger partial charge in [0.15, 0.2) is 0 Å². The van der Waals surface area contributed by atoms with E-state index in [0.29, 0.717) is 27.9 Å². The minimum Gasteiger partial charge on any atom is -0.494 e. The van der Waals surface area contributed by atoms with Crippen LogP contribution in [-0.2, 0) is 0 Å². The fraction of sp³-hybridized carbons (Fsp3) is 0.188. The summed E-state index contributed by atoms with van der Waals surface area (Å²) >= 11 is 12.2. The van der Waals surface area contributed by atoms with Crippen LogP contribution in [0.15, 0.2) is 42.5 Å². The number of nitrogens with zero attached hydrogens (tertiary/aromatic N) is 1. The van der Waals surface area contributed by atoms with Crippen LogP contribution in [0.1, 0.15) is 17.3 Å². The van der Waals surface area contributed by atoms with Gasteiger partial charge in [-0.3, -0.25) is 15.2 Å². The van der Waals surface area contributed by atoms with Crippen LogP contribution in [0.2, 0.25) is 10.0 Å². The number of anilines is 1. The normalized spacial score (nSPS) is 10.2. The highest BCUT2D eigenvalue weighted by atomic mass is 35.5. The van der Waals surface area contributed by atoms with Crippen molar-refractivity contribution in [3.05, 3.63) is 58.1 Å². The standard InChI is InChI=1S/C16H16Cl2N2O2/c1-3-22-12-9-7-11(8-10-12)16(21)20(2)19-15-13(17)5-4-6-14(15)18/h4-10,19H,3H2,1-2H3. The molecule has 0 aliphatic heterocycles. The molecule has 6 heteroatoms. The Kier molecular flexibility index (Phi) is 5.52. The Labute approximate surface area is 139 Å². The number of hydrazine groups is 1. The second-order valence-corrected chi connectivity index (χ2v) is 5.34. The first-order valence-corrected chi connectivity index (χ1v) is 7.50. The maximum atomic E-state index is 12.4. The first-order chi connectivity index (χ1) is 10.5. The summed E-state index contributed by atoms with van der Waals surface area (Å²) in [5.41, 5.74) is 3.93. The number of para-hydroxylation sites is 1.